The van der Waals surface area contributed by atoms with Crippen molar-refractivity contribution in [1.29, 1.82) is 5.41 Å². The first-order chi connectivity index (χ1) is 17.9. The van der Waals surface area contributed by atoms with Gasteiger partial charge in [0.2, 0.25) is 5.96 Å². The zero-order chi connectivity index (χ0) is 26.1. The summed E-state index contributed by atoms with van der Waals surface area (Å²) < 4.78 is 7.64. The van der Waals surface area contributed by atoms with Crippen LogP contribution in [0, 0.1) is 5.41 Å². The Morgan fingerprint density at radius 2 is 1.84 bits per heavy atom. The van der Waals surface area contributed by atoms with E-state index in [4.69, 9.17) is 15.4 Å². The number of rotatable bonds is 5. The number of aliphatic hydroxyl groups is 2. The van der Waals surface area contributed by atoms with E-state index >= 15 is 0 Å². The maximum Gasteiger partial charge on any atom is 0.257 e. The highest BCUT2D eigenvalue weighted by atomic mass is 16.6. The summed E-state index contributed by atoms with van der Waals surface area (Å²) in [5.41, 5.74) is 8.65. The van der Waals surface area contributed by atoms with Crippen LogP contribution in [-0.2, 0) is 11.3 Å². The molecule has 12 nitrogen and oxygen atoms in total. The monoisotopic (exact) mass is 505 g/mol. The lowest BCUT2D eigenvalue weighted by molar-refractivity contribution is -0.0308. The second-order valence-corrected chi connectivity index (χ2v) is 8.83. The zero-order valence-electron chi connectivity index (χ0n) is 19.9. The smallest absolute Gasteiger partial charge is 0.257 e. The standard InChI is InChI=1S/C25H27N7O5/c1-14-20(33)21(34)24(37-14)32-12-18(15-5-3-2-4-6-15)19-11-31(13-27-22(19)32)29-17-9-7-16(8-10-17)23(35)28-25(26)30-36/h2-10,12-14,20-21,24,29,33-34,36H,11H2,1H3,(H3,26,28,30,35)/t14-,20-,21-,24-/m1/s1. The van der Waals surface area contributed by atoms with Crippen molar-refractivity contribution >= 4 is 29.7 Å². The van der Waals surface area contributed by atoms with Gasteiger partial charge in [-0.1, -0.05) is 30.3 Å². The summed E-state index contributed by atoms with van der Waals surface area (Å²) in [6.45, 7) is 2.16. The van der Waals surface area contributed by atoms with Crippen LogP contribution in [0.1, 0.15) is 29.1 Å². The number of carbonyl (C=O) groups excluding carboxylic acids is 1. The third-order valence-corrected chi connectivity index (χ3v) is 6.36. The van der Waals surface area contributed by atoms with Crippen molar-refractivity contribution in [2.24, 2.45) is 4.99 Å². The number of aliphatic imine (C=N–C) groups is 1. The number of amides is 1. The number of hydrazine groups is 1. The maximum atomic E-state index is 12.1. The summed E-state index contributed by atoms with van der Waals surface area (Å²) in [6.07, 6.45) is 0.155. The summed E-state index contributed by atoms with van der Waals surface area (Å²) in [5.74, 6) is -0.422. The number of hydroxylamine groups is 1. The van der Waals surface area contributed by atoms with Crippen molar-refractivity contribution in [3.63, 3.8) is 0 Å². The Balaban J connectivity index is 1.39. The molecule has 0 unspecified atom stereocenters. The van der Waals surface area contributed by atoms with Gasteiger partial charge in [-0.15, -0.1) is 0 Å². The third kappa shape index (κ3) is 4.78. The van der Waals surface area contributed by atoms with E-state index in [-0.39, 0.29) is 0 Å². The molecule has 1 fully saturated rings. The highest BCUT2D eigenvalue weighted by molar-refractivity contribution is 6.04. The maximum absolute atomic E-state index is 12.1. The minimum absolute atomic E-state index is 0.315. The number of aromatic nitrogens is 1. The number of guanidine groups is 1. The Morgan fingerprint density at radius 1 is 1.11 bits per heavy atom. The lowest BCUT2D eigenvalue weighted by Gasteiger charge is -2.26. The van der Waals surface area contributed by atoms with Crippen LogP contribution < -0.4 is 16.2 Å². The van der Waals surface area contributed by atoms with Crippen LogP contribution in [0.5, 0.6) is 0 Å². The van der Waals surface area contributed by atoms with Gasteiger partial charge in [-0.3, -0.25) is 31.2 Å². The third-order valence-electron chi connectivity index (χ3n) is 6.36. The molecule has 0 saturated carbocycles. The fourth-order valence-electron chi connectivity index (χ4n) is 4.45. The number of hydrogen-bond acceptors (Lipinski definition) is 9. The lowest BCUT2D eigenvalue weighted by Crippen LogP contribution is -2.38. The molecule has 2 aliphatic heterocycles. The van der Waals surface area contributed by atoms with Gasteiger partial charge in [-0.25, -0.2) is 10.5 Å². The van der Waals surface area contributed by atoms with Crippen LogP contribution in [0.4, 0.5) is 11.5 Å². The predicted molar refractivity (Wildman–Crippen MR) is 135 cm³/mol. The molecule has 3 heterocycles. The van der Waals surface area contributed by atoms with Gasteiger partial charge < -0.3 is 19.5 Å². The normalized spacial score (nSPS) is 22.4. The first-order valence-corrected chi connectivity index (χ1v) is 11.6. The first-order valence-electron chi connectivity index (χ1n) is 11.6. The van der Waals surface area contributed by atoms with Crippen LogP contribution in [0.2, 0.25) is 0 Å². The van der Waals surface area contributed by atoms with Gasteiger partial charge in [0, 0.05) is 22.9 Å². The number of benzene rings is 2. The molecule has 1 amide bonds. The lowest BCUT2D eigenvalue weighted by atomic mass is 10.0. The van der Waals surface area contributed by atoms with Gasteiger partial charge in [0.25, 0.3) is 5.91 Å². The number of ether oxygens (including phenoxy) is 1. The van der Waals surface area contributed by atoms with Gasteiger partial charge in [0.1, 0.15) is 24.4 Å². The van der Waals surface area contributed by atoms with Crippen molar-refractivity contribution in [3.8, 4) is 11.1 Å². The Morgan fingerprint density at radius 3 is 2.49 bits per heavy atom. The molecule has 0 spiro atoms. The van der Waals surface area contributed by atoms with Crippen LogP contribution in [-0.4, -0.2) is 61.5 Å². The topological polar surface area (TPSA) is 167 Å². The molecular weight excluding hydrogens is 478 g/mol. The number of fused-ring (bicyclic) bond motifs is 1. The van der Waals surface area contributed by atoms with E-state index in [1.165, 1.54) is 0 Å². The summed E-state index contributed by atoms with van der Waals surface area (Å²) in [7, 11) is 0. The van der Waals surface area contributed by atoms with Crippen LogP contribution in [0.15, 0.2) is 65.8 Å². The molecule has 4 atom stereocenters. The highest BCUT2D eigenvalue weighted by Crippen LogP contribution is 2.41. The van der Waals surface area contributed by atoms with Crippen LogP contribution in [0.3, 0.4) is 0 Å². The summed E-state index contributed by atoms with van der Waals surface area (Å²) >= 11 is 0. The molecule has 1 aromatic heterocycles. The van der Waals surface area contributed by atoms with Crippen molar-refractivity contribution in [1.82, 2.24) is 20.4 Å². The molecule has 0 aliphatic carbocycles. The summed E-state index contributed by atoms with van der Waals surface area (Å²) in [4.78, 5) is 16.7. The van der Waals surface area contributed by atoms with Gasteiger partial charge in [0.05, 0.1) is 18.3 Å². The van der Waals surface area contributed by atoms with E-state index in [1.807, 2.05) is 36.5 Å². The number of nitrogens with zero attached hydrogens (tertiary/aromatic N) is 3. The number of nitrogens with one attached hydrogen (secondary N) is 4. The Kier molecular flexibility index (Phi) is 6.63. The van der Waals surface area contributed by atoms with E-state index in [9.17, 15) is 15.0 Å². The van der Waals surface area contributed by atoms with Gasteiger partial charge in [0.15, 0.2) is 6.23 Å². The quantitative estimate of drug-likeness (QED) is 0.157. The van der Waals surface area contributed by atoms with E-state index < -0.39 is 36.4 Å². The Labute approximate surface area is 212 Å². The highest BCUT2D eigenvalue weighted by Gasteiger charge is 2.42. The van der Waals surface area contributed by atoms with Gasteiger partial charge in [-0.05, 0) is 36.8 Å². The number of hydrogen-bond donors (Lipinski definition) is 7. The SMILES string of the molecule is C[C@H]1O[C@@H](n2cc(-c3ccccc3)c3c2N=CN(Nc2ccc(C(=O)NC(=N)NO)cc2)C3)[C@H](O)[C@@H]1O. The molecule has 37 heavy (non-hydrogen) atoms. The van der Waals surface area contributed by atoms with E-state index in [2.05, 4.69) is 15.7 Å². The van der Waals surface area contributed by atoms with Crippen LogP contribution in [0.25, 0.3) is 11.1 Å². The van der Waals surface area contributed by atoms with Gasteiger partial charge in [-0.2, -0.15) is 0 Å². The molecule has 3 aromatic rings. The predicted octanol–water partition coefficient (Wildman–Crippen LogP) is 1.94. The first kappa shape index (κ1) is 24.5. The fraction of sp³-hybridized carbons (Fsp3) is 0.240. The second-order valence-electron chi connectivity index (χ2n) is 8.83. The van der Waals surface area contributed by atoms with E-state index in [0.717, 1.165) is 16.7 Å². The van der Waals surface area contributed by atoms with Crippen molar-refractivity contribution in [2.75, 3.05) is 5.43 Å². The minimum atomic E-state index is -1.09. The molecule has 12 heteroatoms. The molecule has 2 aromatic carbocycles. The molecule has 2 aliphatic rings. The Hall–Kier alpha value is -4.23. The molecule has 7 N–H and O–H groups in total. The zero-order valence-corrected chi connectivity index (χ0v) is 19.9. The fourth-order valence-corrected chi connectivity index (χ4v) is 4.45. The largest absolute Gasteiger partial charge is 0.388 e. The molecule has 0 radical (unpaired) electrons. The molecule has 0 bridgehead atoms. The second kappa shape index (κ2) is 10.0. The van der Waals surface area contributed by atoms with Crippen molar-refractivity contribution < 1.29 is 25.0 Å². The molecule has 1 saturated heterocycles. The summed E-state index contributed by atoms with van der Waals surface area (Å²) in [6, 6.07) is 16.4. The number of aliphatic hydroxyl groups excluding tert-OH is 2. The van der Waals surface area contributed by atoms with E-state index in [1.54, 1.807) is 52.6 Å². The minimum Gasteiger partial charge on any atom is -0.388 e. The molecule has 192 valence electrons. The van der Waals surface area contributed by atoms with Gasteiger partial charge >= 0.3 is 0 Å². The Bertz CT molecular complexity index is 1330. The molecular formula is C25H27N7O5. The van der Waals surface area contributed by atoms with Crippen LogP contribution >= 0.6 is 0 Å². The number of anilines is 1. The van der Waals surface area contributed by atoms with E-state index in [0.29, 0.717) is 23.6 Å². The molecule has 5 rings (SSSR count). The van der Waals surface area contributed by atoms with Crippen molar-refractivity contribution in [3.05, 3.63) is 71.9 Å². The average Bonchev–Trinajstić information content (AvgIpc) is 3.41. The number of carbonyl (C=O) groups is 1. The van der Waals surface area contributed by atoms with Crippen molar-refractivity contribution in [2.45, 2.75) is 38.0 Å². The average molecular weight is 506 g/mol. The summed E-state index contributed by atoms with van der Waals surface area (Å²) in [5, 5.41) is 40.8.